The van der Waals surface area contributed by atoms with Crippen LogP contribution < -0.4 is 29.1 Å². The summed E-state index contributed by atoms with van der Waals surface area (Å²) in [6.07, 6.45) is 1.72. The number of halogens is 2. The molecule has 234 valence electrons. The lowest BCUT2D eigenvalue weighted by Gasteiger charge is -2.25. The summed E-state index contributed by atoms with van der Waals surface area (Å²) in [6.45, 7) is 7.73. The summed E-state index contributed by atoms with van der Waals surface area (Å²) in [5.74, 6) is 0.830. The molecule has 3 aromatic carbocycles. The first-order chi connectivity index (χ1) is 21.6. The molecule has 1 aliphatic heterocycles. The van der Waals surface area contributed by atoms with E-state index in [1.165, 1.54) is 28.0 Å². The molecule has 1 atom stereocenters. The van der Waals surface area contributed by atoms with Crippen LogP contribution in [0.4, 0.5) is 4.39 Å². The SMILES string of the molecule is CCOC(=O)C1=C(C)N=c2s/c(=C\c3ccc(OCc4cccc(F)c4)c(I)c3)c(=O)n2[C@H]1c1ccc(OC(C)C)c(OC)c1. The number of rotatable bonds is 10. The molecule has 2 heterocycles. The van der Waals surface area contributed by atoms with E-state index in [9.17, 15) is 14.0 Å². The summed E-state index contributed by atoms with van der Waals surface area (Å²) >= 11 is 3.42. The Morgan fingerprint density at radius 2 is 1.89 bits per heavy atom. The molecule has 4 aromatic rings. The van der Waals surface area contributed by atoms with E-state index in [4.69, 9.17) is 18.9 Å². The number of methoxy groups -OCH3 is 1. The topological polar surface area (TPSA) is 88.4 Å². The maximum Gasteiger partial charge on any atom is 0.338 e. The third kappa shape index (κ3) is 7.14. The van der Waals surface area contributed by atoms with Gasteiger partial charge in [0, 0.05) is 0 Å². The number of carbonyl (C=O) groups is 1. The summed E-state index contributed by atoms with van der Waals surface area (Å²) in [5.41, 5.74) is 2.63. The summed E-state index contributed by atoms with van der Waals surface area (Å²) in [5, 5.41) is 0. The van der Waals surface area contributed by atoms with Gasteiger partial charge in [0.25, 0.3) is 5.56 Å². The zero-order chi connectivity index (χ0) is 32.2. The fourth-order valence-electron chi connectivity index (χ4n) is 4.98. The van der Waals surface area contributed by atoms with Gasteiger partial charge in [0.05, 0.1) is 45.2 Å². The lowest BCUT2D eigenvalue weighted by molar-refractivity contribution is -0.139. The normalized spacial score (nSPS) is 14.7. The standard InChI is InChI=1S/C34H32FIN2O6S/c1-6-42-33(40)30-20(4)37-34-38(31(30)23-11-13-27(44-19(2)3)28(17-23)41-5)32(39)29(45-34)16-21-10-12-26(25(36)15-21)43-18-22-8-7-9-24(35)14-22/h7-17,19,31H,6,18H2,1-5H3/b29-16-/t31-/m0/s1. The number of hydrogen-bond donors (Lipinski definition) is 0. The number of esters is 1. The van der Waals surface area contributed by atoms with Gasteiger partial charge in [-0.3, -0.25) is 9.36 Å². The molecule has 0 radical (unpaired) electrons. The number of fused-ring (bicyclic) bond motifs is 1. The van der Waals surface area contributed by atoms with Crippen molar-refractivity contribution in [3.8, 4) is 17.2 Å². The first-order valence-corrected chi connectivity index (χ1v) is 16.2. The van der Waals surface area contributed by atoms with E-state index < -0.39 is 12.0 Å². The van der Waals surface area contributed by atoms with Crippen LogP contribution in [0.2, 0.25) is 0 Å². The molecule has 1 aromatic heterocycles. The molecule has 5 rings (SSSR count). The van der Waals surface area contributed by atoms with Crippen molar-refractivity contribution in [1.29, 1.82) is 0 Å². The van der Waals surface area contributed by atoms with E-state index in [0.29, 0.717) is 37.8 Å². The number of allylic oxidation sites excluding steroid dienone is 1. The quantitative estimate of drug-likeness (QED) is 0.148. The van der Waals surface area contributed by atoms with Crippen molar-refractivity contribution < 1.29 is 28.1 Å². The fourth-order valence-corrected chi connectivity index (χ4v) is 6.72. The van der Waals surface area contributed by atoms with Gasteiger partial charge in [0.2, 0.25) is 0 Å². The van der Waals surface area contributed by atoms with Gasteiger partial charge in [-0.05, 0) is 109 Å². The zero-order valence-corrected chi connectivity index (χ0v) is 28.4. The Kier molecular flexibility index (Phi) is 10.1. The molecule has 0 fully saturated rings. The van der Waals surface area contributed by atoms with Crippen LogP contribution in [0.25, 0.3) is 6.08 Å². The monoisotopic (exact) mass is 742 g/mol. The van der Waals surface area contributed by atoms with Crippen LogP contribution in [-0.2, 0) is 16.1 Å². The van der Waals surface area contributed by atoms with Crippen molar-refractivity contribution >= 4 is 46.0 Å². The molecule has 8 nitrogen and oxygen atoms in total. The van der Waals surface area contributed by atoms with Gasteiger partial charge in [-0.2, -0.15) is 0 Å². The third-order valence-corrected chi connectivity index (χ3v) is 8.75. The highest BCUT2D eigenvalue weighted by molar-refractivity contribution is 14.1. The van der Waals surface area contributed by atoms with E-state index in [2.05, 4.69) is 27.6 Å². The van der Waals surface area contributed by atoms with Crippen molar-refractivity contribution in [3.63, 3.8) is 0 Å². The molecule has 11 heteroatoms. The van der Waals surface area contributed by atoms with Gasteiger partial charge in [0.1, 0.15) is 18.2 Å². The molecule has 0 spiro atoms. The summed E-state index contributed by atoms with van der Waals surface area (Å²) < 4.78 is 39.2. The van der Waals surface area contributed by atoms with Crippen LogP contribution >= 0.6 is 33.9 Å². The van der Waals surface area contributed by atoms with Gasteiger partial charge in [-0.15, -0.1) is 0 Å². The Labute approximate surface area is 277 Å². The molecule has 0 aliphatic carbocycles. The van der Waals surface area contributed by atoms with E-state index in [1.54, 1.807) is 51.3 Å². The Morgan fingerprint density at radius 3 is 2.58 bits per heavy atom. The highest BCUT2D eigenvalue weighted by atomic mass is 127. The molecular weight excluding hydrogens is 710 g/mol. The van der Waals surface area contributed by atoms with Crippen molar-refractivity contribution in [3.05, 3.63) is 118 Å². The molecule has 0 amide bonds. The second-order valence-corrected chi connectivity index (χ2v) is 12.7. The van der Waals surface area contributed by atoms with Gasteiger partial charge in [0.15, 0.2) is 16.3 Å². The second kappa shape index (κ2) is 14.0. The summed E-state index contributed by atoms with van der Waals surface area (Å²) in [7, 11) is 1.55. The lowest BCUT2D eigenvalue weighted by Crippen LogP contribution is -2.40. The van der Waals surface area contributed by atoms with Crippen molar-refractivity contribution in [2.24, 2.45) is 4.99 Å². The summed E-state index contributed by atoms with van der Waals surface area (Å²) in [4.78, 5) is 32.4. The average molecular weight is 743 g/mol. The molecule has 45 heavy (non-hydrogen) atoms. The molecule has 0 N–H and O–H groups in total. The van der Waals surface area contributed by atoms with Gasteiger partial charge < -0.3 is 18.9 Å². The first-order valence-electron chi connectivity index (χ1n) is 14.3. The minimum absolute atomic E-state index is 0.0724. The number of nitrogens with zero attached hydrogens (tertiary/aromatic N) is 2. The van der Waals surface area contributed by atoms with E-state index >= 15 is 0 Å². The van der Waals surface area contributed by atoms with Gasteiger partial charge in [-0.1, -0.05) is 35.6 Å². The van der Waals surface area contributed by atoms with Crippen LogP contribution in [0, 0.1) is 9.39 Å². The van der Waals surface area contributed by atoms with Crippen molar-refractivity contribution in [2.75, 3.05) is 13.7 Å². The van der Waals surface area contributed by atoms with E-state index in [-0.39, 0.29) is 36.3 Å². The number of thiazole rings is 1. The van der Waals surface area contributed by atoms with Crippen LogP contribution in [0.1, 0.15) is 50.4 Å². The second-order valence-electron chi connectivity index (χ2n) is 10.5. The largest absolute Gasteiger partial charge is 0.493 e. The van der Waals surface area contributed by atoms with Gasteiger partial charge >= 0.3 is 5.97 Å². The lowest BCUT2D eigenvalue weighted by atomic mass is 9.95. The Bertz CT molecular complexity index is 1970. The predicted octanol–water partition coefficient (Wildman–Crippen LogP) is 5.92. The number of carbonyl (C=O) groups excluding carboxylic acids is 1. The van der Waals surface area contributed by atoms with Crippen LogP contribution in [-0.4, -0.2) is 30.4 Å². The van der Waals surface area contributed by atoms with Crippen molar-refractivity contribution in [2.45, 2.75) is 46.4 Å². The molecule has 0 saturated heterocycles. The highest BCUT2D eigenvalue weighted by Gasteiger charge is 2.34. The maximum atomic E-state index is 14.0. The average Bonchev–Trinajstić information content (AvgIpc) is 3.29. The molecule has 0 unspecified atom stereocenters. The molecular formula is C34H32FIN2O6S. The van der Waals surface area contributed by atoms with Crippen molar-refractivity contribution in [1.82, 2.24) is 4.57 Å². The Hall–Kier alpha value is -3.97. The number of aromatic nitrogens is 1. The number of benzene rings is 3. The minimum atomic E-state index is -0.789. The van der Waals surface area contributed by atoms with Crippen LogP contribution in [0.5, 0.6) is 17.2 Å². The highest BCUT2D eigenvalue weighted by Crippen LogP contribution is 2.36. The van der Waals surface area contributed by atoms with Gasteiger partial charge in [-0.25, -0.2) is 14.2 Å². The van der Waals surface area contributed by atoms with Crippen LogP contribution in [0.15, 0.2) is 81.7 Å². The Balaban J connectivity index is 1.55. The zero-order valence-electron chi connectivity index (χ0n) is 25.4. The molecule has 0 bridgehead atoms. The maximum absolute atomic E-state index is 14.0. The Morgan fingerprint density at radius 1 is 1.11 bits per heavy atom. The number of hydrogen-bond acceptors (Lipinski definition) is 8. The molecule has 1 aliphatic rings. The fraction of sp³-hybridized carbons (Fsp3) is 0.265. The third-order valence-electron chi connectivity index (χ3n) is 6.92. The first kappa shape index (κ1) is 32.4. The van der Waals surface area contributed by atoms with E-state index in [0.717, 1.165) is 14.7 Å². The smallest absolute Gasteiger partial charge is 0.338 e. The van der Waals surface area contributed by atoms with Crippen LogP contribution in [0.3, 0.4) is 0 Å². The number of ether oxygens (including phenoxy) is 4. The minimum Gasteiger partial charge on any atom is -0.493 e. The molecule has 0 saturated carbocycles. The summed E-state index contributed by atoms with van der Waals surface area (Å²) in [6, 6.07) is 16.5. The predicted molar refractivity (Wildman–Crippen MR) is 179 cm³/mol. The van der Waals surface area contributed by atoms with E-state index in [1.807, 2.05) is 38.1 Å².